The number of carbonyl (C=O) groups excluding carboxylic acids is 1. The third-order valence-corrected chi connectivity index (χ3v) is 3.14. The summed E-state index contributed by atoms with van der Waals surface area (Å²) in [5.41, 5.74) is 2.39. The first-order valence-electron chi connectivity index (χ1n) is 6.07. The molecular formula is C14H14ClN3O. The highest BCUT2D eigenvalue weighted by Gasteiger charge is 2.18. The zero-order chi connectivity index (χ0) is 13.7. The lowest BCUT2D eigenvalue weighted by molar-refractivity contribution is -0.117. The van der Waals surface area contributed by atoms with E-state index in [2.05, 4.69) is 11.4 Å². The zero-order valence-electron chi connectivity index (χ0n) is 10.4. The van der Waals surface area contributed by atoms with Gasteiger partial charge in [-0.1, -0.05) is 18.2 Å². The SMILES string of the molecule is N#C/C(=C/N1CCc2ccccc21)C(=O)NCCCl. The van der Waals surface area contributed by atoms with Crippen LogP contribution in [0.15, 0.2) is 36.0 Å². The van der Waals surface area contributed by atoms with Crippen molar-refractivity contribution in [3.8, 4) is 6.07 Å². The Kier molecular flexibility index (Phi) is 4.43. The Morgan fingerprint density at radius 2 is 2.32 bits per heavy atom. The van der Waals surface area contributed by atoms with Gasteiger partial charge < -0.3 is 10.2 Å². The second-order valence-corrected chi connectivity index (χ2v) is 4.55. The van der Waals surface area contributed by atoms with Crippen molar-refractivity contribution in [2.24, 2.45) is 0 Å². The van der Waals surface area contributed by atoms with Crippen molar-refractivity contribution in [3.05, 3.63) is 41.6 Å². The van der Waals surface area contributed by atoms with E-state index in [-0.39, 0.29) is 11.5 Å². The van der Waals surface area contributed by atoms with E-state index in [9.17, 15) is 4.79 Å². The molecular weight excluding hydrogens is 262 g/mol. The number of nitriles is 1. The molecule has 0 saturated carbocycles. The Labute approximate surface area is 117 Å². The summed E-state index contributed by atoms with van der Waals surface area (Å²) in [6, 6.07) is 9.92. The maximum Gasteiger partial charge on any atom is 0.263 e. The molecule has 1 aromatic carbocycles. The van der Waals surface area contributed by atoms with E-state index in [1.165, 1.54) is 5.56 Å². The Balaban J connectivity index is 2.17. The summed E-state index contributed by atoms with van der Waals surface area (Å²) in [5.74, 6) is -0.0516. The van der Waals surface area contributed by atoms with E-state index >= 15 is 0 Å². The van der Waals surface area contributed by atoms with E-state index < -0.39 is 0 Å². The molecule has 1 amide bonds. The van der Waals surface area contributed by atoms with Gasteiger partial charge in [0.05, 0.1) is 0 Å². The molecule has 5 heteroatoms. The number of alkyl halides is 1. The first-order valence-corrected chi connectivity index (χ1v) is 6.60. The van der Waals surface area contributed by atoms with Crippen LogP contribution in [0.1, 0.15) is 5.56 Å². The fourth-order valence-electron chi connectivity index (χ4n) is 2.05. The zero-order valence-corrected chi connectivity index (χ0v) is 11.2. The van der Waals surface area contributed by atoms with Gasteiger partial charge in [0.2, 0.25) is 0 Å². The number of nitrogens with zero attached hydrogens (tertiary/aromatic N) is 2. The minimum absolute atomic E-state index is 0.0989. The largest absolute Gasteiger partial charge is 0.350 e. The van der Waals surface area contributed by atoms with Crippen LogP contribution in [0, 0.1) is 11.3 Å². The first-order chi connectivity index (χ1) is 9.26. The van der Waals surface area contributed by atoms with E-state index in [0.29, 0.717) is 12.4 Å². The lowest BCUT2D eigenvalue weighted by atomic mass is 10.2. The molecule has 4 nitrogen and oxygen atoms in total. The minimum Gasteiger partial charge on any atom is -0.350 e. The van der Waals surface area contributed by atoms with E-state index in [0.717, 1.165) is 18.7 Å². The minimum atomic E-state index is -0.382. The molecule has 0 spiro atoms. The van der Waals surface area contributed by atoms with Gasteiger partial charge in [-0.15, -0.1) is 11.6 Å². The van der Waals surface area contributed by atoms with Gasteiger partial charge in [0, 0.05) is 30.9 Å². The third kappa shape index (κ3) is 3.07. The van der Waals surface area contributed by atoms with Gasteiger partial charge in [-0.05, 0) is 18.1 Å². The molecule has 0 saturated heterocycles. The molecule has 98 valence electrons. The quantitative estimate of drug-likeness (QED) is 0.518. The summed E-state index contributed by atoms with van der Waals surface area (Å²) in [6.45, 7) is 1.14. The lowest BCUT2D eigenvalue weighted by Crippen LogP contribution is -2.28. The molecule has 2 rings (SSSR count). The molecule has 1 aromatic rings. The van der Waals surface area contributed by atoms with Gasteiger partial charge >= 0.3 is 0 Å². The predicted molar refractivity (Wildman–Crippen MR) is 74.9 cm³/mol. The highest BCUT2D eigenvalue weighted by atomic mass is 35.5. The number of para-hydroxylation sites is 1. The van der Waals surface area contributed by atoms with Crippen LogP contribution < -0.4 is 10.2 Å². The summed E-state index contributed by atoms with van der Waals surface area (Å²) < 4.78 is 0. The molecule has 0 fully saturated rings. The van der Waals surface area contributed by atoms with Crippen LogP contribution >= 0.6 is 11.6 Å². The van der Waals surface area contributed by atoms with Crippen LogP contribution in [0.25, 0.3) is 0 Å². The topological polar surface area (TPSA) is 56.1 Å². The fourth-order valence-corrected chi connectivity index (χ4v) is 2.14. The van der Waals surface area contributed by atoms with E-state index in [1.54, 1.807) is 6.20 Å². The smallest absolute Gasteiger partial charge is 0.263 e. The maximum absolute atomic E-state index is 11.7. The summed E-state index contributed by atoms with van der Waals surface area (Å²) in [6.07, 6.45) is 2.53. The molecule has 1 heterocycles. The van der Waals surface area contributed by atoms with Crippen LogP contribution in [0.4, 0.5) is 5.69 Å². The summed E-state index contributed by atoms with van der Waals surface area (Å²) in [5, 5.41) is 11.7. The van der Waals surface area contributed by atoms with Crippen molar-refractivity contribution in [2.45, 2.75) is 6.42 Å². The second-order valence-electron chi connectivity index (χ2n) is 4.17. The Bertz CT molecular complexity index is 548. The van der Waals surface area contributed by atoms with E-state index in [1.807, 2.05) is 29.2 Å². The van der Waals surface area contributed by atoms with Gasteiger partial charge in [-0.25, -0.2) is 0 Å². The van der Waals surface area contributed by atoms with Gasteiger partial charge in [-0.3, -0.25) is 4.79 Å². The normalized spacial score (nSPS) is 13.9. The van der Waals surface area contributed by atoms with Crippen LogP contribution in [0.2, 0.25) is 0 Å². The number of amides is 1. The average Bonchev–Trinajstić information content (AvgIpc) is 2.85. The molecule has 0 aromatic heterocycles. The van der Waals surface area contributed by atoms with Gasteiger partial charge in [0.1, 0.15) is 11.6 Å². The molecule has 19 heavy (non-hydrogen) atoms. The van der Waals surface area contributed by atoms with Crippen molar-refractivity contribution in [1.82, 2.24) is 5.32 Å². The van der Waals surface area contributed by atoms with Crippen LogP contribution in [-0.2, 0) is 11.2 Å². The number of anilines is 1. The number of hydrogen-bond acceptors (Lipinski definition) is 3. The Morgan fingerprint density at radius 3 is 3.05 bits per heavy atom. The van der Waals surface area contributed by atoms with Crippen molar-refractivity contribution < 1.29 is 4.79 Å². The van der Waals surface area contributed by atoms with Crippen LogP contribution in [0.5, 0.6) is 0 Å². The Morgan fingerprint density at radius 1 is 1.53 bits per heavy atom. The van der Waals surface area contributed by atoms with Crippen molar-refractivity contribution in [2.75, 3.05) is 23.9 Å². The number of fused-ring (bicyclic) bond motifs is 1. The highest BCUT2D eigenvalue weighted by molar-refractivity contribution is 6.18. The van der Waals surface area contributed by atoms with Crippen LogP contribution in [-0.4, -0.2) is 24.9 Å². The molecule has 0 atom stereocenters. The molecule has 0 unspecified atom stereocenters. The van der Waals surface area contributed by atoms with E-state index in [4.69, 9.17) is 16.9 Å². The lowest BCUT2D eigenvalue weighted by Gasteiger charge is -2.14. The summed E-state index contributed by atoms with van der Waals surface area (Å²) in [7, 11) is 0. The first kappa shape index (κ1) is 13.4. The number of benzene rings is 1. The van der Waals surface area contributed by atoms with Crippen molar-refractivity contribution >= 4 is 23.2 Å². The number of hydrogen-bond donors (Lipinski definition) is 1. The van der Waals surface area contributed by atoms with Crippen LogP contribution in [0.3, 0.4) is 0 Å². The Hall–Kier alpha value is -1.99. The second kappa shape index (κ2) is 6.26. The van der Waals surface area contributed by atoms with Gasteiger partial charge in [0.25, 0.3) is 5.91 Å². The van der Waals surface area contributed by atoms with Gasteiger partial charge in [0.15, 0.2) is 0 Å². The number of rotatable bonds is 4. The number of carbonyl (C=O) groups is 1. The number of halogens is 1. The van der Waals surface area contributed by atoms with Crippen molar-refractivity contribution in [1.29, 1.82) is 5.26 Å². The summed E-state index contributed by atoms with van der Waals surface area (Å²) in [4.78, 5) is 13.7. The molecule has 1 aliphatic rings. The molecule has 1 N–H and O–H groups in total. The summed E-state index contributed by atoms with van der Waals surface area (Å²) >= 11 is 5.50. The number of nitrogens with one attached hydrogen (secondary N) is 1. The highest BCUT2D eigenvalue weighted by Crippen LogP contribution is 2.27. The average molecular weight is 276 g/mol. The van der Waals surface area contributed by atoms with Crippen molar-refractivity contribution in [3.63, 3.8) is 0 Å². The molecule has 1 aliphatic heterocycles. The standard InChI is InChI=1S/C14H14ClN3O/c15-6-7-17-14(19)12(9-16)10-18-8-5-11-3-1-2-4-13(11)18/h1-4,10H,5-8H2,(H,17,19)/b12-10-. The maximum atomic E-state index is 11.7. The molecule has 0 bridgehead atoms. The monoisotopic (exact) mass is 275 g/mol. The van der Waals surface area contributed by atoms with Gasteiger partial charge in [-0.2, -0.15) is 5.26 Å². The fraction of sp³-hybridized carbons (Fsp3) is 0.286. The molecule has 0 radical (unpaired) electrons. The molecule has 0 aliphatic carbocycles. The predicted octanol–water partition coefficient (Wildman–Crippen LogP) is 1.81. The third-order valence-electron chi connectivity index (χ3n) is 2.95.